The number of nitrogens with one attached hydrogen (secondary N) is 2. The lowest BCUT2D eigenvalue weighted by Gasteiger charge is -2.40. The van der Waals surface area contributed by atoms with E-state index in [1.54, 1.807) is 22.7 Å². The summed E-state index contributed by atoms with van der Waals surface area (Å²) in [5, 5.41) is 6.08. The maximum Gasteiger partial charge on any atom is 0.261 e. The van der Waals surface area contributed by atoms with E-state index < -0.39 is 11.7 Å². The summed E-state index contributed by atoms with van der Waals surface area (Å²) < 4.78 is 21.9. The number of halogens is 1. The Kier molecular flexibility index (Phi) is 5.34. The van der Waals surface area contributed by atoms with Crippen LogP contribution in [0.25, 0.3) is 5.65 Å². The molecule has 30 heavy (non-hydrogen) atoms. The molecule has 2 unspecified atom stereocenters. The molecule has 0 aliphatic carbocycles. The predicted octanol–water partition coefficient (Wildman–Crippen LogP) is 3.23. The number of imidazole rings is 1. The Morgan fingerprint density at radius 3 is 2.83 bits per heavy atom. The monoisotopic (exact) mass is 411 g/mol. The average molecular weight is 411 g/mol. The predicted molar refractivity (Wildman–Crippen MR) is 115 cm³/mol. The highest BCUT2D eigenvalue weighted by molar-refractivity contribution is 6.06. The molecule has 1 aromatic carbocycles. The first kappa shape index (κ1) is 20.2. The minimum absolute atomic E-state index is 0.128. The van der Waals surface area contributed by atoms with E-state index in [9.17, 15) is 9.18 Å². The molecule has 1 saturated heterocycles. The zero-order chi connectivity index (χ0) is 21.4. The Morgan fingerprint density at radius 1 is 1.30 bits per heavy atom. The summed E-state index contributed by atoms with van der Waals surface area (Å²) in [7, 11) is 1.49. The molecule has 0 spiro atoms. The third kappa shape index (κ3) is 3.70. The van der Waals surface area contributed by atoms with Gasteiger partial charge < -0.3 is 24.7 Å². The Bertz CT molecular complexity index is 1100. The Morgan fingerprint density at radius 2 is 2.10 bits per heavy atom. The lowest BCUT2D eigenvalue weighted by atomic mass is 10.1. The van der Waals surface area contributed by atoms with Crippen LogP contribution in [0, 0.1) is 12.7 Å². The minimum Gasteiger partial charge on any atom is -0.496 e. The molecule has 2 aromatic heterocycles. The van der Waals surface area contributed by atoms with Crippen molar-refractivity contribution in [2.24, 2.45) is 0 Å². The molecule has 2 atom stereocenters. The van der Waals surface area contributed by atoms with Crippen molar-refractivity contribution in [1.82, 2.24) is 14.7 Å². The van der Waals surface area contributed by atoms with Gasteiger partial charge in [0.05, 0.1) is 24.1 Å². The number of hydrogen-bond acceptors (Lipinski definition) is 5. The maximum atomic E-state index is 14.8. The Labute approximate surface area is 174 Å². The SMILES string of the molecule is COc1cc2nc(C)cn2cc1C(=O)Nc1ccc(N2CCNC(C)C2C)cc1F. The zero-order valence-corrected chi connectivity index (χ0v) is 17.6. The molecule has 8 heteroatoms. The van der Waals surface area contributed by atoms with Crippen molar-refractivity contribution >= 4 is 22.9 Å². The van der Waals surface area contributed by atoms with Crippen LogP contribution in [0.4, 0.5) is 15.8 Å². The van der Waals surface area contributed by atoms with Crippen molar-refractivity contribution in [3.63, 3.8) is 0 Å². The first-order valence-corrected chi connectivity index (χ1v) is 10.0. The van der Waals surface area contributed by atoms with Gasteiger partial charge in [0.2, 0.25) is 0 Å². The second-order valence-electron chi connectivity index (χ2n) is 7.70. The molecule has 3 aromatic rings. The fraction of sp³-hybridized carbons (Fsp3) is 0.364. The molecule has 0 bridgehead atoms. The fourth-order valence-corrected chi connectivity index (χ4v) is 3.88. The average Bonchev–Trinajstić information content (AvgIpc) is 3.09. The van der Waals surface area contributed by atoms with E-state index in [-0.39, 0.29) is 11.7 Å². The van der Waals surface area contributed by atoms with Crippen molar-refractivity contribution in [2.45, 2.75) is 32.9 Å². The highest BCUT2D eigenvalue weighted by Gasteiger charge is 2.25. The fourth-order valence-electron chi connectivity index (χ4n) is 3.88. The van der Waals surface area contributed by atoms with Gasteiger partial charge in [0.25, 0.3) is 5.91 Å². The number of piperazine rings is 1. The van der Waals surface area contributed by atoms with Crippen LogP contribution in [-0.4, -0.2) is 47.6 Å². The Hall–Kier alpha value is -3.13. The third-order valence-electron chi connectivity index (χ3n) is 5.71. The summed E-state index contributed by atoms with van der Waals surface area (Å²) in [6, 6.07) is 7.17. The maximum absolute atomic E-state index is 14.8. The molecule has 1 fully saturated rings. The van der Waals surface area contributed by atoms with Crippen molar-refractivity contribution in [2.75, 3.05) is 30.4 Å². The molecule has 1 aliphatic heterocycles. The van der Waals surface area contributed by atoms with E-state index in [1.807, 2.05) is 19.2 Å². The van der Waals surface area contributed by atoms with E-state index in [0.29, 0.717) is 23.0 Å². The van der Waals surface area contributed by atoms with Gasteiger partial charge >= 0.3 is 0 Å². The van der Waals surface area contributed by atoms with Crippen molar-refractivity contribution in [3.05, 3.63) is 53.7 Å². The van der Waals surface area contributed by atoms with Crippen molar-refractivity contribution in [3.8, 4) is 5.75 Å². The van der Waals surface area contributed by atoms with Gasteiger partial charge in [0.15, 0.2) is 0 Å². The first-order chi connectivity index (χ1) is 14.4. The summed E-state index contributed by atoms with van der Waals surface area (Å²) in [6.07, 6.45) is 3.45. The van der Waals surface area contributed by atoms with Gasteiger partial charge in [0.1, 0.15) is 17.2 Å². The summed E-state index contributed by atoms with van der Waals surface area (Å²) in [5.74, 6) is -0.542. The highest BCUT2D eigenvalue weighted by atomic mass is 19.1. The molecular formula is C22H26FN5O2. The molecule has 158 valence electrons. The highest BCUT2D eigenvalue weighted by Crippen LogP contribution is 2.27. The van der Waals surface area contributed by atoms with Crippen LogP contribution >= 0.6 is 0 Å². The number of nitrogens with zero attached hydrogens (tertiary/aromatic N) is 3. The normalized spacial score (nSPS) is 19.2. The van der Waals surface area contributed by atoms with Gasteiger partial charge in [-0.2, -0.15) is 0 Å². The molecular weight excluding hydrogens is 385 g/mol. The van der Waals surface area contributed by atoms with Gasteiger partial charge in [0, 0.05) is 49.3 Å². The summed E-state index contributed by atoms with van der Waals surface area (Å²) >= 11 is 0. The lowest BCUT2D eigenvalue weighted by Crippen LogP contribution is -2.55. The van der Waals surface area contributed by atoms with Crippen LogP contribution in [0.3, 0.4) is 0 Å². The minimum atomic E-state index is -0.474. The van der Waals surface area contributed by atoms with E-state index in [2.05, 4.69) is 34.4 Å². The van der Waals surface area contributed by atoms with Gasteiger partial charge in [-0.05, 0) is 39.0 Å². The molecule has 1 aliphatic rings. The van der Waals surface area contributed by atoms with Crippen LogP contribution in [0.2, 0.25) is 0 Å². The number of amides is 1. The second-order valence-corrected chi connectivity index (χ2v) is 7.70. The van der Waals surface area contributed by atoms with Crippen molar-refractivity contribution in [1.29, 1.82) is 0 Å². The number of pyridine rings is 1. The smallest absolute Gasteiger partial charge is 0.261 e. The molecule has 1 amide bonds. The number of carbonyl (C=O) groups is 1. The van der Waals surface area contributed by atoms with E-state index in [1.165, 1.54) is 13.2 Å². The van der Waals surface area contributed by atoms with E-state index >= 15 is 0 Å². The third-order valence-corrected chi connectivity index (χ3v) is 5.71. The first-order valence-electron chi connectivity index (χ1n) is 10.0. The number of aromatic nitrogens is 2. The van der Waals surface area contributed by atoms with Crippen LogP contribution in [-0.2, 0) is 0 Å². The van der Waals surface area contributed by atoms with Gasteiger partial charge in [-0.1, -0.05) is 0 Å². The van der Waals surface area contributed by atoms with Crippen molar-refractivity contribution < 1.29 is 13.9 Å². The quantitative estimate of drug-likeness (QED) is 0.690. The van der Waals surface area contributed by atoms with E-state index in [4.69, 9.17) is 4.74 Å². The lowest BCUT2D eigenvalue weighted by molar-refractivity contribution is 0.102. The number of aryl methyl sites for hydroxylation is 1. The van der Waals surface area contributed by atoms with Crippen LogP contribution in [0.15, 0.2) is 36.7 Å². The van der Waals surface area contributed by atoms with Crippen LogP contribution < -0.4 is 20.3 Å². The number of methoxy groups -OCH3 is 1. The topological polar surface area (TPSA) is 70.9 Å². The van der Waals surface area contributed by atoms with Gasteiger partial charge in [-0.25, -0.2) is 9.37 Å². The molecule has 2 N–H and O–H groups in total. The molecule has 4 rings (SSSR count). The number of carbonyl (C=O) groups excluding carboxylic acids is 1. The molecule has 0 saturated carbocycles. The number of fused-ring (bicyclic) bond motifs is 1. The zero-order valence-electron chi connectivity index (χ0n) is 17.6. The number of hydrogen-bond donors (Lipinski definition) is 2. The number of rotatable bonds is 4. The largest absolute Gasteiger partial charge is 0.496 e. The number of anilines is 2. The molecule has 0 radical (unpaired) electrons. The summed E-state index contributed by atoms with van der Waals surface area (Å²) in [4.78, 5) is 19.4. The molecule has 7 nitrogen and oxygen atoms in total. The van der Waals surface area contributed by atoms with Gasteiger partial charge in [-0.15, -0.1) is 0 Å². The number of ether oxygens (including phenoxy) is 1. The standard InChI is InChI=1S/C22H26FN5O2/c1-13-11-27-12-17(20(30-4)10-21(27)25-13)22(29)26-19-6-5-16(9-18(19)23)28-8-7-24-14(2)15(28)3/h5-6,9-12,14-15,24H,7-8H2,1-4H3,(H,26,29). The van der Waals surface area contributed by atoms with Gasteiger partial charge in [-0.3, -0.25) is 4.79 Å². The molecule has 3 heterocycles. The summed E-state index contributed by atoms with van der Waals surface area (Å²) in [5.41, 5.74) is 2.74. The van der Waals surface area contributed by atoms with E-state index in [0.717, 1.165) is 24.5 Å². The van der Waals surface area contributed by atoms with Crippen LogP contribution in [0.5, 0.6) is 5.75 Å². The summed E-state index contributed by atoms with van der Waals surface area (Å²) in [6.45, 7) is 7.76. The van der Waals surface area contributed by atoms with Crippen LogP contribution in [0.1, 0.15) is 29.9 Å². The Balaban J connectivity index is 1.58. The number of benzene rings is 1. The second kappa shape index (κ2) is 7.95.